The van der Waals surface area contributed by atoms with Crippen LogP contribution in [0, 0.1) is 5.92 Å². The van der Waals surface area contributed by atoms with Gasteiger partial charge in [0.1, 0.15) is 0 Å². The van der Waals surface area contributed by atoms with Crippen LogP contribution in [-0.4, -0.2) is 17.3 Å². The molecule has 0 spiro atoms. The number of oxime groups is 1. The Balaban J connectivity index is 2.06. The van der Waals surface area contributed by atoms with Crippen LogP contribution in [0.5, 0.6) is 0 Å². The van der Waals surface area contributed by atoms with Crippen molar-refractivity contribution in [3.8, 4) is 0 Å². The van der Waals surface area contributed by atoms with Gasteiger partial charge in [-0.15, -0.1) is 0 Å². The van der Waals surface area contributed by atoms with Crippen LogP contribution in [0.15, 0.2) is 29.4 Å². The maximum Gasteiger partial charge on any atom is 0.223 e. The lowest BCUT2D eigenvalue weighted by Gasteiger charge is -2.39. The largest absolute Gasteiger partial charge is 0.367 e. The number of benzene rings is 1. The van der Waals surface area contributed by atoms with Crippen molar-refractivity contribution in [1.29, 1.82) is 0 Å². The molecule has 0 bridgehead atoms. The average molecular weight is 279 g/mol. The number of halogens is 1. The normalized spacial score (nSPS) is 33.2. The van der Waals surface area contributed by atoms with E-state index in [-0.39, 0.29) is 17.7 Å². The summed E-state index contributed by atoms with van der Waals surface area (Å²) in [5.41, 5.74) is 1.12. The third-order valence-electron chi connectivity index (χ3n) is 3.92. The second-order valence-corrected chi connectivity index (χ2v) is 5.70. The molecule has 1 amide bonds. The van der Waals surface area contributed by atoms with Gasteiger partial charge in [0, 0.05) is 17.4 Å². The molecule has 1 unspecified atom stereocenters. The molecule has 0 saturated carbocycles. The van der Waals surface area contributed by atoms with Crippen LogP contribution in [0.1, 0.15) is 31.7 Å². The number of carbonyl (C=O) groups is 1. The number of fused-ring (bicyclic) bond motifs is 1. The fraction of sp³-hybridized carbons (Fsp3) is 0.429. The van der Waals surface area contributed by atoms with Gasteiger partial charge in [0.2, 0.25) is 11.6 Å². The molecule has 2 aliphatic heterocycles. The van der Waals surface area contributed by atoms with Crippen molar-refractivity contribution in [2.24, 2.45) is 11.1 Å². The number of amides is 1. The fourth-order valence-corrected chi connectivity index (χ4v) is 3.44. The van der Waals surface area contributed by atoms with E-state index < -0.39 is 5.72 Å². The van der Waals surface area contributed by atoms with E-state index in [1.807, 2.05) is 38.1 Å². The number of nitrogens with zero attached hydrogens (tertiary/aromatic N) is 1. The summed E-state index contributed by atoms with van der Waals surface area (Å²) in [6, 6.07) is 7.65. The maximum absolute atomic E-state index is 11.9. The van der Waals surface area contributed by atoms with Crippen molar-refractivity contribution >= 4 is 23.2 Å². The lowest BCUT2D eigenvalue weighted by molar-refractivity contribution is -0.141. The molecule has 2 aliphatic rings. The standard InChI is InChI=1S/C14H15ClN2O2/c1-8-13-10(9-5-3-4-6-11(9)15)7-12(18)16-14(13,2)19-17-8/h3-6,10,13H,7H2,1-2H3,(H,16,18)/t10?,13-,14-/m0/s1. The SMILES string of the molecule is CC1=NO[C@]2(C)NC(=O)CC(c3ccccc3Cl)[C@H]12. The van der Waals surface area contributed by atoms with Crippen molar-refractivity contribution in [3.63, 3.8) is 0 Å². The van der Waals surface area contributed by atoms with Crippen molar-refractivity contribution in [2.75, 3.05) is 0 Å². The lowest BCUT2D eigenvalue weighted by atomic mass is 9.73. The molecule has 1 N–H and O–H groups in total. The van der Waals surface area contributed by atoms with Crippen molar-refractivity contribution in [3.05, 3.63) is 34.9 Å². The molecule has 5 heteroatoms. The number of nitrogens with one attached hydrogen (secondary N) is 1. The van der Waals surface area contributed by atoms with E-state index >= 15 is 0 Å². The Morgan fingerprint density at radius 3 is 2.95 bits per heavy atom. The number of rotatable bonds is 1. The zero-order chi connectivity index (χ0) is 13.6. The summed E-state index contributed by atoms with van der Waals surface area (Å²) in [4.78, 5) is 17.4. The first-order chi connectivity index (χ1) is 9.01. The van der Waals surface area contributed by atoms with Gasteiger partial charge in [0.15, 0.2) is 0 Å². The predicted octanol–water partition coefficient (Wildman–Crippen LogP) is 2.68. The molecule has 19 heavy (non-hydrogen) atoms. The van der Waals surface area contributed by atoms with Gasteiger partial charge in [-0.05, 0) is 25.5 Å². The van der Waals surface area contributed by atoms with Crippen molar-refractivity contribution in [1.82, 2.24) is 5.32 Å². The molecule has 4 nitrogen and oxygen atoms in total. The van der Waals surface area contributed by atoms with Crippen molar-refractivity contribution < 1.29 is 9.63 Å². The van der Waals surface area contributed by atoms with Crippen molar-refractivity contribution in [2.45, 2.75) is 31.9 Å². The molecule has 1 aromatic rings. The Morgan fingerprint density at radius 1 is 1.47 bits per heavy atom. The molecule has 100 valence electrons. The quantitative estimate of drug-likeness (QED) is 0.859. The van der Waals surface area contributed by atoms with E-state index in [2.05, 4.69) is 10.5 Å². The predicted molar refractivity (Wildman–Crippen MR) is 73.0 cm³/mol. The van der Waals surface area contributed by atoms with Gasteiger partial charge in [-0.25, -0.2) is 0 Å². The first-order valence-electron chi connectivity index (χ1n) is 6.29. The Hall–Kier alpha value is -1.55. The molecule has 2 heterocycles. The summed E-state index contributed by atoms with van der Waals surface area (Å²) in [6.07, 6.45) is 0.403. The molecule has 1 aromatic carbocycles. The molecule has 1 fully saturated rings. The van der Waals surface area contributed by atoms with Gasteiger partial charge in [0.25, 0.3) is 0 Å². The Bertz CT molecular complexity index is 572. The Kier molecular flexibility index (Phi) is 2.78. The van der Waals surface area contributed by atoms with Gasteiger partial charge >= 0.3 is 0 Å². The molecule has 0 aliphatic carbocycles. The maximum atomic E-state index is 11.9. The number of hydrogen-bond donors (Lipinski definition) is 1. The van der Waals surface area contributed by atoms with Gasteiger partial charge in [-0.1, -0.05) is 35.0 Å². The van der Waals surface area contributed by atoms with Gasteiger partial charge in [-0.3, -0.25) is 4.79 Å². The summed E-state index contributed by atoms with van der Waals surface area (Å²) < 4.78 is 0. The molecule has 3 rings (SSSR count). The van der Waals surface area contributed by atoms with Gasteiger partial charge in [0.05, 0.1) is 11.6 Å². The van der Waals surface area contributed by atoms with E-state index in [1.54, 1.807) is 0 Å². The van der Waals surface area contributed by atoms with E-state index in [9.17, 15) is 4.79 Å². The number of hydrogen-bond acceptors (Lipinski definition) is 3. The minimum atomic E-state index is -0.761. The van der Waals surface area contributed by atoms with Crippen LogP contribution >= 0.6 is 11.6 Å². The number of carbonyl (C=O) groups excluding carboxylic acids is 1. The third-order valence-corrected chi connectivity index (χ3v) is 4.27. The van der Waals surface area contributed by atoms with Crippen LogP contribution < -0.4 is 5.32 Å². The molecular weight excluding hydrogens is 264 g/mol. The van der Waals surface area contributed by atoms with Crippen LogP contribution in [0.2, 0.25) is 5.02 Å². The third kappa shape index (κ3) is 1.91. The van der Waals surface area contributed by atoms with Gasteiger partial charge < -0.3 is 10.2 Å². The molecule has 0 radical (unpaired) electrons. The topological polar surface area (TPSA) is 50.7 Å². The summed E-state index contributed by atoms with van der Waals surface area (Å²) in [5.74, 6) is -0.0163. The van der Waals surface area contributed by atoms with Crippen LogP contribution in [0.25, 0.3) is 0 Å². The summed E-state index contributed by atoms with van der Waals surface area (Å²) in [7, 11) is 0. The summed E-state index contributed by atoms with van der Waals surface area (Å²) in [6.45, 7) is 3.79. The highest BCUT2D eigenvalue weighted by Gasteiger charge is 2.53. The highest BCUT2D eigenvalue weighted by molar-refractivity contribution is 6.31. The molecule has 3 atom stereocenters. The second kappa shape index (κ2) is 4.23. The number of piperidine rings is 1. The molecule has 0 aromatic heterocycles. The van der Waals surface area contributed by atoms with Gasteiger partial charge in [-0.2, -0.15) is 0 Å². The fourth-order valence-electron chi connectivity index (χ4n) is 3.17. The van der Waals surface area contributed by atoms with E-state index in [0.717, 1.165) is 11.3 Å². The lowest BCUT2D eigenvalue weighted by Crippen LogP contribution is -2.58. The zero-order valence-corrected chi connectivity index (χ0v) is 11.6. The van der Waals surface area contributed by atoms with Crippen LogP contribution in [0.3, 0.4) is 0 Å². The monoisotopic (exact) mass is 278 g/mol. The Labute approximate surface area is 116 Å². The summed E-state index contributed by atoms with van der Waals surface area (Å²) >= 11 is 6.28. The molecular formula is C14H15ClN2O2. The van der Waals surface area contributed by atoms with Crippen LogP contribution in [-0.2, 0) is 9.63 Å². The highest BCUT2D eigenvalue weighted by Crippen LogP contribution is 2.45. The van der Waals surface area contributed by atoms with E-state index in [1.165, 1.54) is 0 Å². The minimum absolute atomic E-state index is 0.00120. The first kappa shape index (κ1) is 12.5. The van der Waals surface area contributed by atoms with E-state index in [0.29, 0.717) is 11.4 Å². The Morgan fingerprint density at radius 2 is 2.21 bits per heavy atom. The van der Waals surface area contributed by atoms with E-state index in [4.69, 9.17) is 16.4 Å². The smallest absolute Gasteiger partial charge is 0.223 e. The van der Waals surface area contributed by atoms with Crippen LogP contribution in [0.4, 0.5) is 0 Å². The summed E-state index contributed by atoms with van der Waals surface area (Å²) in [5, 5.41) is 7.62. The molecule has 1 saturated heterocycles. The average Bonchev–Trinajstić information content (AvgIpc) is 2.65. The second-order valence-electron chi connectivity index (χ2n) is 5.29. The zero-order valence-electron chi connectivity index (χ0n) is 10.8. The first-order valence-corrected chi connectivity index (χ1v) is 6.67. The highest BCUT2D eigenvalue weighted by atomic mass is 35.5. The minimum Gasteiger partial charge on any atom is -0.367 e.